The molecule has 0 bridgehead atoms. The molecule has 0 heterocycles. The fraction of sp³-hybridized carbons (Fsp3) is 0.500. The van der Waals surface area contributed by atoms with Crippen LogP contribution < -0.4 is 14.8 Å². The third kappa shape index (κ3) is 4.68. The molecule has 0 spiro atoms. The largest absolute Gasteiger partial charge is 0.495 e. The number of aliphatic hydroxyl groups is 1. The molecule has 0 radical (unpaired) electrons. The Bertz CT molecular complexity index is 437. The molecule has 2 N–H and O–H groups in total. The number of benzene rings is 1. The topological polar surface area (TPSA) is 67.8 Å². The molecular formula is C14H20BrNO4. The highest BCUT2D eigenvalue weighted by molar-refractivity contribution is 9.10. The SMILES string of the molecule is COc1cc(C(=O)NCCCC(C)O)cc(OC)c1Br. The fourth-order valence-electron chi connectivity index (χ4n) is 1.70. The van der Waals surface area contributed by atoms with Gasteiger partial charge in [-0.1, -0.05) is 0 Å². The van der Waals surface area contributed by atoms with E-state index in [2.05, 4.69) is 21.2 Å². The standard InChI is InChI=1S/C14H20BrNO4/c1-9(17)5-4-6-16-14(18)10-7-11(19-2)13(15)12(8-10)20-3/h7-9,17H,4-6H2,1-3H3,(H,16,18). The number of carbonyl (C=O) groups is 1. The Labute approximate surface area is 127 Å². The number of hydrogen-bond acceptors (Lipinski definition) is 4. The molecular weight excluding hydrogens is 326 g/mol. The zero-order valence-electron chi connectivity index (χ0n) is 11.9. The van der Waals surface area contributed by atoms with Gasteiger partial charge < -0.3 is 19.9 Å². The lowest BCUT2D eigenvalue weighted by Gasteiger charge is -2.12. The fourth-order valence-corrected chi connectivity index (χ4v) is 2.25. The van der Waals surface area contributed by atoms with Gasteiger partial charge in [-0.3, -0.25) is 4.79 Å². The van der Waals surface area contributed by atoms with Crippen LogP contribution in [0.4, 0.5) is 0 Å². The van der Waals surface area contributed by atoms with Crippen LogP contribution in [0.3, 0.4) is 0 Å². The molecule has 0 aliphatic carbocycles. The summed E-state index contributed by atoms with van der Waals surface area (Å²) in [6, 6.07) is 3.30. The number of ether oxygens (including phenoxy) is 2. The van der Waals surface area contributed by atoms with Crippen molar-refractivity contribution in [2.24, 2.45) is 0 Å². The first-order valence-electron chi connectivity index (χ1n) is 6.37. The summed E-state index contributed by atoms with van der Waals surface area (Å²) in [4.78, 5) is 12.0. The molecule has 1 aromatic rings. The highest BCUT2D eigenvalue weighted by Gasteiger charge is 2.14. The van der Waals surface area contributed by atoms with Crippen molar-refractivity contribution in [3.8, 4) is 11.5 Å². The summed E-state index contributed by atoms with van der Waals surface area (Å²) in [5.74, 6) is 0.886. The van der Waals surface area contributed by atoms with E-state index in [1.807, 2.05) is 0 Å². The van der Waals surface area contributed by atoms with E-state index in [1.54, 1.807) is 19.1 Å². The van der Waals surface area contributed by atoms with Crippen LogP contribution in [0.15, 0.2) is 16.6 Å². The molecule has 1 amide bonds. The molecule has 0 saturated heterocycles. The first kappa shape index (κ1) is 16.8. The molecule has 0 aliphatic rings. The van der Waals surface area contributed by atoms with Crippen LogP contribution in [0.25, 0.3) is 0 Å². The van der Waals surface area contributed by atoms with Gasteiger partial charge in [0.15, 0.2) is 0 Å². The van der Waals surface area contributed by atoms with Gasteiger partial charge in [-0.25, -0.2) is 0 Å². The number of carbonyl (C=O) groups excluding carboxylic acids is 1. The summed E-state index contributed by atoms with van der Waals surface area (Å²) in [6.07, 6.45) is 1.04. The molecule has 0 aliphatic heterocycles. The molecule has 1 unspecified atom stereocenters. The number of hydrogen-bond donors (Lipinski definition) is 2. The molecule has 20 heavy (non-hydrogen) atoms. The lowest BCUT2D eigenvalue weighted by Crippen LogP contribution is -2.25. The van der Waals surface area contributed by atoms with Gasteiger partial charge in [0, 0.05) is 12.1 Å². The quantitative estimate of drug-likeness (QED) is 0.744. The molecule has 112 valence electrons. The van der Waals surface area contributed by atoms with Gasteiger partial charge >= 0.3 is 0 Å². The second-order valence-corrected chi connectivity index (χ2v) is 5.23. The number of halogens is 1. The van der Waals surface area contributed by atoms with Crippen LogP contribution in [-0.2, 0) is 0 Å². The molecule has 6 heteroatoms. The Balaban J connectivity index is 2.72. The molecule has 5 nitrogen and oxygen atoms in total. The first-order chi connectivity index (χ1) is 9.49. The van der Waals surface area contributed by atoms with E-state index in [9.17, 15) is 4.79 Å². The van der Waals surface area contributed by atoms with E-state index in [4.69, 9.17) is 14.6 Å². The van der Waals surface area contributed by atoms with E-state index in [-0.39, 0.29) is 12.0 Å². The van der Waals surface area contributed by atoms with Crippen molar-refractivity contribution < 1.29 is 19.4 Å². The van der Waals surface area contributed by atoms with E-state index >= 15 is 0 Å². The third-order valence-corrected chi connectivity index (χ3v) is 3.57. The Hall–Kier alpha value is -1.27. The second kappa shape index (κ2) is 8.11. The van der Waals surface area contributed by atoms with E-state index in [1.165, 1.54) is 14.2 Å². The average molecular weight is 346 g/mol. The van der Waals surface area contributed by atoms with Crippen molar-refractivity contribution in [2.75, 3.05) is 20.8 Å². The summed E-state index contributed by atoms with van der Waals surface area (Å²) in [5, 5.41) is 12.0. The second-order valence-electron chi connectivity index (χ2n) is 4.44. The molecule has 1 aromatic carbocycles. The molecule has 0 fully saturated rings. The van der Waals surface area contributed by atoms with E-state index in [0.717, 1.165) is 6.42 Å². The summed E-state index contributed by atoms with van der Waals surface area (Å²) in [6.45, 7) is 2.25. The third-order valence-electron chi connectivity index (χ3n) is 2.79. The minimum atomic E-state index is -0.347. The minimum Gasteiger partial charge on any atom is -0.495 e. The minimum absolute atomic E-state index is 0.195. The first-order valence-corrected chi connectivity index (χ1v) is 7.16. The lowest BCUT2D eigenvalue weighted by atomic mass is 10.1. The smallest absolute Gasteiger partial charge is 0.251 e. The number of methoxy groups -OCH3 is 2. The zero-order chi connectivity index (χ0) is 15.1. The van der Waals surface area contributed by atoms with Crippen molar-refractivity contribution in [1.29, 1.82) is 0 Å². The predicted octanol–water partition coefficient (Wildman–Crippen LogP) is 2.36. The van der Waals surface area contributed by atoms with Crippen LogP contribution >= 0.6 is 15.9 Å². The molecule has 1 rings (SSSR count). The highest BCUT2D eigenvalue weighted by Crippen LogP contribution is 2.35. The van der Waals surface area contributed by atoms with Crippen LogP contribution in [0.1, 0.15) is 30.1 Å². The monoisotopic (exact) mass is 345 g/mol. The van der Waals surface area contributed by atoms with Gasteiger partial charge in [0.05, 0.1) is 20.3 Å². The van der Waals surface area contributed by atoms with Crippen LogP contribution in [0.5, 0.6) is 11.5 Å². The molecule has 0 aromatic heterocycles. The van der Waals surface area contributed by atoms with Crippen molar-refractivity contribution >= 4 is 21.8 Å². The summed E-state index contributed by atoms with van der Waals surface area (Å²) < 4.78 is 11.1. The average Bonchev–Trinajstić information content (AvgIpc) is 2.43. The van der Waals surface area contributed by atoms with Crippen molar-refractivity contribution in [2.45, 2.75) is 25.9 Å². The van der Waals surface area contributed by atoms with Gasteiger partial charge in [-0.15, -0.1) is 0 Å². The van der Waals surface area contributed by atoms with Gasteiger partial charge in [-0.2, -0.15) is 0 Å². The predicted molar refractivity (Wildman–Crippen MR) is 80.5 cm³/mol. The van der Waals surface area contributed by atoms with Crippen LogP contribution in [-0.4, -0.2) is 37.9 Å². The number of amides is 1. The number of rotatable bonds is 7. The summed E-state index contributed by atoms with van der Waals surface area (Å²) in [5.41, 5.74) is 0.471. The van der Waals surface area contributed by atoms with Crippen LogP contribution in [0, 0.1) is 0 Å². The normalized spacial score (nSPS) is 11.8. The maximum atomic E-state index is 12.0. The Morgan fingerprint density at radius 1 is 1.35 bits per heavy atom. The van der Waals surface area contributed by atoms with Crippen molar-refractivity contribution in [3.63, 3.8) is 0 Å². The van der Waals surface area contributed by atoms with Gasteiger partial charge in [0.1, 0.15) is 16.0 Å². The van der Waals surface area contributed by atoms with E-state index in [0.29, 0.717) is 34.5 Å². The van der Waals surface area contributed by atoms with Crippen molar-refractivity contribution in [3.05, 3.63) is 22.2 Å². The summed E-state index contributed by atoms with van der Waals surface area (Å²) in [7, 11) is 3.06. The number of aliphatic hydroxyl groups excluding tert-OH is 1. The van der Waals surface area contributed by atoms with Gasteiger partial charge in [-0.05, 0) is 47.8 Å². The van der Waals surface area contributed by atoms with Crippen LogP contribution in [0.2, 0.25) is 0 Å². The Kier molecular flexibility index (Phi) is 6.81. The van der Waals surface area contributed by atoms with Gasteiger partial charge in [0.2, 0.25) is 0 Å². The summed E-state index contributed by atoms with van der Waals surface area (Å²) >= 11 is 3.36. The number of nitrogens with one attached hydrogen (secondary N) is 1. The highest BCUT2D eigenvalue weighted by atomic mass is 79.9. The Morgan fingerprint density at radius 3 is 2.35 bits per heavy atom. The lowest BCUT2D eigenvalue weighted by molar-refractivity contribution is 0.0949. The van der Waals surface area contributed by atoms with Crippen molar-refractivity contribution in [1.82, 2.24) is 5.32 Å². The maximum absolute atomic E-state index is 12.0. The molecule has 0 saturated carbocycles. The van der Waals surface area contributed by atoms with E-state index < -0.39 is 0 Å². The zero-order valence-corrected chi connectivity index (χ0v) is 13.5. The van der Waals surface area contributed by atoms with Gasteiger partial charge in [0.25, 0.3) is 5.91 Å². The maximum Gasteiger partial charge on any atom is 0.251 e. The molecule has 1 atom stereocenters. The Morgan fingerprint density at radius 2 is 1.90 bits per heavy atom.